The molecule has 1 aromatic carbocycles. The number of aromatic nitrogens is 1. The van der Waals surface area contributed by atoms with Crippen molar-refractivity contribution in [2.45, 2.75) is 41.0 Å². The fraction of sp³-hybridized carbons (Fsp3) is 0.429. The summed E-state index contributed by atoms with van der Waals surface area (Å²) in [6.45, 7) is 10.2. The summed E-state index contributed by atoms with van der Waals surface area (Å²) < 4.78 is 0. The Bertz CT molecular complexity index is 360. The van der Waals surface area contributed by atoms with Crippen LogP contribution in [-0.4, -0.2) is 4.98 Å². The van der Waals surface area contributed by atoms with Crippen molar-refractivity contribution in [3.63, 3.8) is 0 Å². The van der Waals surface area contributed by atoms with Gasteiger partial charge in [-0.2, -0.15) is 0 Å². The first-order valence-corrected chi connectivity index (χ1v) is 5.97. The maximum absolute atomic E-state index is 3.24. The van der Waals surface area contributed by atoms with Gasteiger partial charge in [0.25, 0.3) is 0 Å². The van der Waals surface area contributed by atoms with Crippen molar-refractivity contribution in [2.24, 2.45) is 0 Å². The molecule has 1 aromatic heterocycles. The molecule has 0 saturated heterocycles. The second-order valence-corrected chi connectivity index (χ2v) is 2.71. The fourth-order valence-corrected chi connectivity index (χ4v) is 1.44. The van der Waals surface area contributed by atoms with Gasteiger partial charge in [0.2, 0.25) is 0 Å². The van der Waals surface area contributed by atoms with Gasteiger partial charge < -0.3 is 4.98 Å². The molecule has 0 amide bonds. The largest absolute Gasteiger partial charge is 0.361 e. The lowest BCUT2D eigenvalue weighted by Gasteiger charge is -1.97. The minimum absolute atomic E-state index is 1.10. The Morgan fingerprint density at radius 1 is 1.00 bits per heavy atom. The molecular formula is C14H23N. The highest BCUT2D eigenvalue weighted by atomic mass is 14.7. The molecule has 0 saturated carbocycles. The number of nitrogens with one attached hydrogen (secondary N) is 1. The minimum Gasteiger partial charge on any atom is -0.361 e. The molecule has 0 bridgehead atoms. The Morgan fingerprint density at radius 2 is 1.67 bits per heavy atom. The van der Waals surface area contributed by atoms with E-state index in [1.165, 1.54) is 16.5 Å². The molecular weight excluding hydrogens is 182 g/mol. The smallest absolute Gasteiger partial charge is 0.0486 e. The molecule has 2 rings (SSSR count). The molecule has 0 atom stereocenters. The normalized spacial score (nSPS) is 8.60. The van der Waals surface area contributed by atoms with Crippen molar-refractivity contribution < 1.29 is 0 Å². The van der Waals surface area contributed by atoms with E-state index in [0.717, 1.165) is 6.42 Å². The lowest BCUT2D eigenvalue weighted by Crippen LogP contribution is -1.80. The van der Waals surface area contributed by atoms with Crippen LogP contribution in [0.15, 0.2) is 30.5 Å². The van der Waals surface area contributed by atoms with Crippen LogP contribution in [0, 0.1) is 0 Å². The van der Waals surface area contributed by atoms with Gasteiger partial charge in [-0.1, -0.05) is 52.8 Å². The lowest BCUT2D eigenvalue weighted by atomic mass is 10.1. The van der Waals surface area contributed by atoms with Crippen LogP contribution in [0.5, 0.6) is 0 Å². The number of H-pyrrole nitrogens is 1. The van der Waals surface area contributed by atoms with E-state index < -0.39 is 0 Å². The molecule has 0 unspecified atom stereocenters. The van der Waals surface area contributed by atoms with Crippen molar-refractivity contribution in [2.75, 3.05) is 0 Å². The highest BCUT2D eigenvalue weighted by molar-refractivity contribution is 5.82. The summed E-state index contributed by atoms with van der Waals surface area (Å²) in [6, 6.07) is 8.51. The molecule has 0 radical (unpaired) electrons. The molecule has 0 aliphatic heterocycles. The Morgan fingerprint density at radius 3 is 2.27 bits per heavy atom. The summed E-state index contributed by atoms with van der Waals surface area (Å²) in [7, 11) is 0. The van der Waals surface area contributed by atoms with Gasteiger partial charge in [0.1, 0.15) is 0 Å². The Kier molecular flexibility index (Phi) is 7.43. The van der Waals surface area contributed by atoms with E-state index in [-0.39, 0.29) is 0 Å². The summed E-state index contributed by atoms with van der Waals surface area (Å²) >= 11 is 0. The Balaban J connectivity index is 0.000000442. The van der Waals surface area contributed by atoms with E-state index in [1.807, 2.05) is 33.9 Å². The molecule has 15 heavy (non-hydrogen) atoms. The van der Waals surface area contributed by atoms with Crippen LogP contribution in [0.1, 0.15) is 40.2 Å². The van der Waals surface area contributed by atoms with Gasteiger partial charge in [-0.25, -0.2) is 0 Å². The van der Waals surface area contributed by atoms with Gasteiger partial charge in [-0.15, -0.1) is 0 Å². The summed E-state index contributed by atoms with van der Waals surface area (Å²) in [6.07, 6.45) is 3.08. The van der Waals surface area contributed by atoms with Gasteiger partial charge in [-0.05, 0) is 23.4 Å². The molecule has 0 fully saturated rings. The number of fused-ring (bicyclic) bond motifs is 1. The average Bonchev–Trinajstić information content (AvgIpc) is 2.82. The van der Waals surface area contributed by atoms with Crippen LogP contribution >= 0.6 is 0 Å². The molecule has 0 aliphatic rings. The van der Waals surface area contributed by atoms with E-state index in [2.05, 4.69) is 36.2 Å². The number of benzene rings is 1. The molecule has 1 N–H and O–H groups in total. The molecule has 0 aliphatic carbocycles. The third-order valence-electron chi connectivity index (χ3n) is 2.05. The standard InChI is InChI=1S/C10H11N.2C2H6/c1-2-8-4-3-5-9-6-7-11-10(8)9;2*1-2/h3-7,11H,2H2,1H3;2*1-2H3. The van der Waals surface area contributed by atoms with Crippen LogP contribution in [0.4, 0.5) is 0 Å². The lowest BCUT2D eigenvalue weighted by molar-refractivity contribution is 1.15. The number of para-hydroxylation sites is 1. The van der Waals surface area contributed by atoms with Gasteiger partial charge in [0.05, 0.1) is 0 Å². The monoisotopic (exact) mass is 205 g/mol. The van der Waals surface area contributed by atoms with Crippen molar-refractivity contribution in [1.82, 2.24) is 4.98 Å². The summed E-state index contributed by atoms with van der Waals surface area (Å²) in [5.41, 5.74) is 2.68. The average molecular weight is 205 g/mol. The Labute approximate surface area is 93.5 Å². The number of rotatable bonds is 1. The van der Waals surface area contributed by atoms with Gasteiger partial charge in [0.15, 0.2) is 0 Å². The van der Waals surface area contributed by atoms with E-state index >= 15 is 0 Å². The molecule has 1 nitrogen and oxygen atoms in total. The third-order valence-corrected chi connectivity index (χ3v) is 2.05. The highest BCUT2D eigenvalue weighted by Crippen LogP contribution is 2.16. The van der Waals surface area contributed by atoms with E-state index in [1.54, 1.807) is 0 Å². The van der Waals surface area contributed by atoms with Crippen LogP contribution in [0.2, 0.25) is 0 Å². The predicted molar refractivity (Wildman–Crippen MR) is 70.4 cm³/mol. The first-order chi connectivity index (χ1) is 7.42. The number of aryl methyl sites for hydroxylation is 1. The van der Waals surface area contributed by atoms with Crippen LogP contribution < -0.4 is 0 Å². The molecule has 1 heterocycles. The minimum atomic E-state index is 1.10. The zero-order valence-electron chi connectivity index (χ0n) is 10.6. The zero-order chi connectivity index (χ0) is 11.7. The number of aromatic amines is 1. The van der Waals surface area contributed by atoms with Crippen LogP contribution in [0.3, 0.4) is 0 Å². The Hall–Kier alpha value is -1.24. The fourth-order valence-electron chi connectivity index (χ4n) is 1.44. The molecule has 1 heteroatoms. The first-order valence-electron chi connectivity index (χ1n) is 5.97. The van der Waals surface area contributed by atoms with Crippen LogP contribution in [0.25, 0.3) is 10.9 Å². The highest BCUT2D eigenvalue weighted by Gasteiger charge is 1.97. The second kappa shape index (κ2) is 8.10. The van der Waals surface area contributed by atoms with Gasteiger partial charge in [-0.3, -0.25) is 0 Å². The molecule has 84 valence electrons. The van der Waals surface area contributed by atoms with E-state index in [9.17, 15) is 0 Å². The van der Waals surface area contributed by atoms with Crippen LogP contribution in [-0.2, 0) is 6.42 Å². The molecule has 0 spiro atoms. The summed E-state index contributed by atoms with van der Waals surface area (Å²) in [4.78, 5) is 3.24. The maximum atomic E-state index is 3.24. The maximum Gasteiger partial charge on any atom is 0.0486 e. The second-order valence-electron chi connectivity index (χ2n) is 2.71. The van der Waals surface area contributed by atoms with Crippen molar-refractivity contribution >= 4 is 10.9 Å². The zero-order valence-corrected chi connectivity index (χ0v) is 10.6. The first kappa shape index (κ1) is 13.8. The van der Waals surface area contributed by atoms with Crippen molar-refractivity contribution in [3.05, 3.63) is 36.0 Å². The predicted octanol–water partition coefficient (Wildman–Crippen LogP) is 4.78. The summed E-state index contributed by atoms with van der Waals surface area (Å²) in [5.74, 6) is 0. The van der Waals surface area contributed by atoms with Gasteiger partial charge >= 0.3 is 0 Å². The third kappa shape index (κ3) is 3.43. The quantitative estimate of drug-likeness (QED) is 0.689. The topological polar surface area (TPSA) is 15.8 Å². The SMILES string of the molecule is CC.CC.CCc1cccc2cc[nH]c12. The number of hydrogen-bond donors (Lipinski definition) is 1. The summed E-state index contributed by atoms with van der Waals surface area (Å²) in [5, 5.41) is 1.31. The van der Waals surface area contributed by atoms with E-state index in [4.69, 9.17) is 0 Å². The van der Waals surface area contributed by atoms with Crippen molar-refractivity contribution in [1.29, 1.82) is 0 Å². The number of hydrogen-bond acceptors (Lipinski definition) is 0. The van der Waals surface area contributed by atoms with Crippen molar-refractivity contribution in [3.8, 4) is 0 Å². The molecule has 2 aromatic rings. The van der Waals surface area contributed by atoms with Gasteiger partial charge in [0, 0.05) is 11.7 Å². The van der Waals surface area contributed by atoms with E-state index in [0.29, 0.717) is 0 Å².